The smallest absolute Gasteiger partial charge is 0.271 e. The van der Waals surface area contributed by atoms with Crippen molar-refractivity contribution in [2.75, 3.05) is 0 Å². The van der Waals surface area contributed by atoms with Gasteiger partial charge >= 0.3 is 6.18 Å². The summed E-state index contributed by atoms with van der Waals surface area (Å²) in [6.07, 6.45) is -2.14. The van der Waals surface area contributed by atoms with Gasteiger partial charge in [-0.25, -0.2) is 4.98 Å². The van der Waals surface area contributed by atoms with E-state index in [4.69, 9.17) is 5.84 Å². The quantitative estimate of drug-likeness (QED) is 0.652. The molecule has 0 spiro atoms. The number of alkyl halides is 3. The number of nitrogens with zero attached hydrogens (tertiary/aromatic N) is 1. The molecule has 0 amide bonds. The second-order valence-corrected chi connectivity index (χ2v) is 6.07. The number of rotatable bonds is 3. The summed E-state index contributed by atoms with van der Waals surface area (Å²) < 4.78 is 37.3. The first-order valence-electron chi connectivity index (χ1n) is 5.25. The monoisotopic (exact) mass is 265 g/mol. The van der Waals surface area contributed by atoms with Crippen molar-refractivity contribution in [1.29, 1.82) is 0 Å². The first-order chi connectivity index (χ1) is 7.75. The second kappa shape index (κ2) is 3.93. The maximum absolute atomic E-state index is 12.4. The van der Waals surface area contributed by atoms with Gasteiger partial charge in [-0.1, -0.05) is 13.8 Å². The lowest BCUT2D eigenvalue weighted by Gasteiger charge is -2.15. The van der Waals surface area contributed by atoms with E-state index < -0.39 is 11.2 Å². The summed E-state index contributed by atoms with van der Waals surface area (Å²) in [5.41, 5.74) is 2.74. The minimum Gasteiger partial charge on any atom is -0.271 e. The van der Waals surface area contributed by atoms with Crippen molar-refractivity contribution in [3.8, 4) is 0 Å². The van der Waals surface area contributed by atoms with Gasteiger partial charge in [0.05, 0.1) is 6.04 Å². The van der Waals surface area contributed by atoms with E-state index in [2.05, 4.69) is 24.3 Å². The fraction of sp³-hybridized carbons (Fsp3) is 0.700. The largest absolute Gasteiger partial charge is 0.443 e. The number of thiazole rings is 1. The molecule has 2 rings (SSSR count). The van der Waals surface area contributed by atoms with Crippen LogP contribution in [0.15, 0.2) is 6.20 Å². The van der Waals surface area contributed by atoms with Crippen molar-refractivity contribution in [2.24, 2.45) is 17.2 Å². The lowest BCUT2D eigenvalue weighted by atomic mass is 10.0. The van der Waals surface area contributed by atoms with E-state index in [-0.39, 0.29) is 17.4 Å². The van der Waals surface area contributed by atoms with E-state index in [9.17, 15) is 13.2 Å². The first-order valence-corrected chi connectivity index (χ1v) is 6.06. The summed E-state index contributed by atoms with van der Waals surface area (Å²) in [7, 11) is 0. The molecule has 96 valence electrons. The van der Waals surface area contributed by atoms with Gasteiger partial charge in [0, 0.05) is 11.1 Å². The van der Waals surface area contributed by atoms with Crippen molar-refractivity contribution >= 4 is 11.3 Å². The van der Waals surface area contributed by atoms with Crippen LogP contribution in [0.4, 0.5) is 13.2 Å². The molecule has 1 aliphatic carbocycles. The third-order valence-corrected chi connectivity index (χ3v) is 4.37. The molecule has 0 aromatic carbocycles. The van der Waals surface area contributed by atoms with Crippen molar-refractivity contribution in [2.45, 2.75) is 32.5 Å². The normalized spacial score (nSPS) is 24.7. The summed E-state index contributed by atoms with van der Waals surface area (Å²) in [5.74, 6) is 5.71. The van der Waals surface area contributed by atoms with Crippen LogP contribution in [0.2, 0.25) is 0 Å². The zero-order chi connectivity index (χ0) is 12.8. The van der Waals surface area contributed by atoms with E-state index >= 15 is 0 Å². The van der Waals surface area contributed by atoms with Crippen LogP contribution in [0.25, 0.3) is 0 Å². The van der Waals surface area contributed by atoms with Gasteiger partial charge in [0.2, 0.25) is 0 Å². The van der Waals surface area contributed by atoms with Gasteiger partial charge in [0.15, 0.2) is 5.01 Å². The summed E-state index contributed by atoms with van der Waals surface area (Å²) in [6.45, 7) is 4.15. The topological polar surface area (TPSA) is 50.9 Å². The minimum absolute atomic E-state index is 0.138. The van der Waals surface area contributed by atoms with Gasteiger partial charge in [-0.3, -0.25) is 11.3 Å². The fourth-order valence-electron chi connectivity index (χ4n) is 2.03. The number of nitrogens with two attached hydrogens (primary N) is 1. The number of halogens is 3. The lowest BCUT2D eigenvalue weighted by molar-refractivity contribution is -0.137. The molecule has 3 N–H and O–H groups in total. The molecule has 2 atom stereocenters. The predicted molar refractivity (Wildman–Crippen MR) is 59.1 cm³/mol. The van der Waals surface area contributed by atoms with Crippen LogP contribution >= 0.6 is 11.3 Å². The average Bonchev–Trinajstić information content (AvgIpc) is 2.66. The molecule has 1 fully saturated rings. The van der Waals surface area contributed by atoms with E-state index in [0.717, 1.165) is 6.42 Å². The molecule has 0 bridgehead atoms. The highest BCUT2D eigenvalue weighted by molar-refractivity contribution is 7.11. The molecule has 0 aliphatic heterocycles. The molecule has 1 aromatic heterocycles. The first kappa shape index (κ1) is 12.8. The van der Waals surface area contributed by atoms with Gasteiger partial charge in [-0.15, -0.1) is 11.3 Å². The number of nitrogens with one attached hydrogen (secondary N) is 1. The molecule has 0 saturated heterocycles. The molecule has 0 radical (unpaired) electrons. The summed E-state index contributed by atoms with van der Waals surface area (Å²) >= 11 is 0.663. The van der Waals surface area contributed by atoms with Gasteiger partial charge in [0.1, 0.15) is 0 Å². The van der Waals surface area contributed by atoms with Gasteiger partial charge < -0.3 is 0 Å². The fourth-order valence-corrected chi connectivity index (χ4v) is 2.94. The van der Waals surface area contributed by atoms with Crippen LogP contribution in [0.3, 0.4) is 0 Å². The van der Waals surface area contributed by atoms with Crippen molar-refractivity contribution in [1.82, 2.24) is 10.4 Å². The molecule has 7 heteroatoms. The molecule has 17 heavy (non-hydrogen) atoms. The molecule has 2 unspecified atom stereocenters. The van der Waals surface area contributed by atoms with Crippen LogP contribution in [0.1, 0.15) is 36.2 Å². The number of aromatic nitrogens is 1. The highest BCUT2D eigenvalue weighted by atomic mass is 32.1. The van der Waals surface area contributed by atoms with Gasteiger partial charge in [-0.05, 0) is 17.8 Å². The average molecular weight is 265 g/mol. The van der Waals surface area contributed by atoms with Crippen molar-refractivity contribution in [3.63, 3.8) is 0 Å². The Labute approximate surface area is 101 Å². The number of hydrogen-bond acceptors (Lipinski definition) is 4. The maximum atomic E-state index is 12.4. The second-order valence-electron chi connectivity index (χ2n) is 5.01. The highest BCUT2D eigenvalue weighted by Crippen LogP contribution is 2.58. The lowest BCUT2D eigenvalue weighted by Crippen LogP contribution is -2.30. The Hall–Kier alpha value is -0.660. The molecular weight excluding hydrogens is 251 g/mol. The summed E-state index contributed by atoms with van der Waals surface area (Å²) in [6, 6.07) is -0.237. The van der Waals surface area contributed by atoms with Crippen molar-refractivity contribution < 1.29 is 13.2 Å². The Morgan fingerprint density at radius 2 is 2.18 bits per heavy atom. The van der Waals surface area contributed by atoms with Crippen LogP contribution in [-0.2, 0) is 6.18 Å². The molecule has 1 aliphatic rings. The SMILES string of the molecule is CC1(C)CC1C(NN)c1cnc(C(F)(F)F)s1. The molecule has 1 aromatic rings. The Balaban J connectivity index is 2.19. The van der Waals surface area contributed by atoms with Crippen molar-refractivity contribution in [3.05, 3.63) is 16.1 Å². The van der Waals surface area contributed by atoms with Crippen LogP contribution < -0.4 is 11.3 Å². The van der Waals surface area contributed by atoms with Crippen LogP contribution in [0, 0.1) is 11.3 Å². The van der Waals surface area contributed by atoms with E-state index in [1.807, 2.05) is 0 Å². The Bertz CT molecular complexity index is 413. The Morgan fingerprint density at radius 1 is 1.59 bits per heavy atom. The molecular formula is C10H14F3N3S. The molecule has 3 nitrogen and oxygen atoms in total. The third-order valence-electron chi connectivity index (χ3n) is 3.24. The maximum Gasteiger partial charge on any atom is 0.443 e. The standard InChI is InChI=1S/C10H14F3N3S/c1-9(2)3-5(9)7(16-14)6-4-15-8(17-6)10(11,12)13/h4-5,7,16H,3,14H2,1-2H3. The summed E-state index contributed by atoms with van der Waals surface area (Å²) in [5, 5.41) is -0.814. The van der Waals surface area contributed by atoms with Crippen LogP contribution in [-0.4, -0.2) is 4.98 Å². The zero-order valence-electron chi connectivity index (χ0n) is 9.51. The number of hydrogen-bond donors (Lipinski definition) is 2. The zero-order valence-corrected chi connectivity index (χ0v) is 10.3. The third kappa shape index (κ3) is 2.46. The Kier molecular flexibility index (Phi) is 2.95. The molecule has 1 heterocycles. The molecule has 1 saturated carbocycles. The predicted octanol–water partition coefficient (Wildman–Crippen LogP) is 2.71. The van der Waals surface area contributed by atoms with E-state index in [0.29, 0.717) is 16.2 Å². The van der Waals surface area contributed by atoms with E-state index in [1.165, 1.54) is 6.20 Å². The summed E-state index contributed by atoms with van der Waals surface area (Å²) in [4.78, 5) is 3.96. The van der Waals surface area contributed by atoms with Crippen LogP contribution in [0.5, 0.6) is 0 Å². The number of hydrazine groups is 1. The highest BCUT2D eigenvalue weighted by Gasteiger charge is 2.51. The minimum atomic E-state index is -4.37. The van der Waals surface area contributed by atoms with E-state index in [1.54, 1.807) is 0 Å². The van der Waals surface area contributed by atoms with Gasteiger partial charge in [0.25, 0.3) is 0 Å². The Morgan fingerprint density at radius 3 is 2.53 bits per heavy atom. The van der Waals surface area contributed by atoms with Gasteiger partial charge in [-0.2, -0.15) is 13.2 Å².